The van der Waals surface area contributed by atoms with E-state index in [2.05, 4.69) is 51.6 Å². The quantitative estimate of drug-likeness (QED) is 0.398. The number of aryl methyl sites for hydroxylation is 1. The summed E-state index contributed by atoms with van der Waals surface area (Å²) in [5, 5.41) is 9.55. The molecule has 7 rings (SSSR count). The van der Waals surface area contributed by atoms with Crippen molar-refractivity contribution in [2.75, 3.05) is 61.4 Å². The molecule has 0 radical (unpaired) electrons. The van der Waals surface area contributed by atoms with Gasteiger partial charge in [-0.25, -0.2) is 4.39 Å². The zero-order chi connectivity index (χ0) is 30.3. The normalized spacial score (nSPS) is 22.6. The van der Waals surface area contributed by atoms with Crippen LogP contribution in [0.1, 0.15) is 55.2 Å². The summed E-state index contributed by atoms with van der Waals surface area (Å²) in [7, 11) is 0. The van der Waals surface area contributed by atoms with Gasteiger partial charge < -0.3 is 19.4 Å². The second-order valence-electron chi connectivity index (χ2n) is 12.9. The van der Waals surface area contributed by atoms with Gasteiger partial charge in [0.05, 0.1) is 29.8 Å². The van der Waals surface area contributed by atoms with E-state index in [9.17, 15) is 14.4 Å². The first-order valence-corrected chi connectivity index (χ1v) is 17.1. The number of nitrogens with zero attached hydrogens (tertiary/aromatic N) is 6. The molecule has 1 aromatic carbocycles. The van der Waals surface area contributed by atoms with Crippen LogP contribution < -0.4 is 14.5 Å². The van der Waals surface area contributed by atoms with Gasteiger partial charge in [0.2, 0.25) is 5.88 Å². The summed E-state index contributed by atoms with van der Waals surface area (Å²) in [6.45, 7) is 9.05. The summed E-state index contributed by atoms with van der Waals surface area (Å²) in [4.78, 5) is 27.9. The number of fused-ring (bicyclic) bond motifs is 3. The van der Waals surface area contributed by atoms with Crippen LogP contribution in [0.4, 0.5) is 15.9 Å². The highest BCUT2D eigenvalue weighted by Gasteiger charge is 2.45. The Balaban J connectivity index is 1.20. The van der Waals surface area contributed by atoms with Crippen molar-refractivity contribution in [3.63, 3.8) is 0 Å². The first-order valence-electron chi connectivity index (χ1n) is 16.1. The molecule has 232 valence electrons. The topological polar surface area (TPSA) is 75.9 Å². The van der Waals surface area contributed by atoms with Crippen LogP contribution in [0.15, 0.2) is 41.6 Å². The number of carbonyl (C=O) groups excluding carboxylic acids is 1. The van der Waals surface area contributed by atoms with E-state index >= 15 is 0 Å². The number of hydrogen-bond acceptors (Lipinski definition) is 8. The number of rotatable bonds is 7. The molecule has 2 aromatic rings. The van der Waals surface area contributed by atoms with Gasteiger partial charge in [-0.05, 0) is 81.0 Å². The van der Waals surface area contributed by atoms with E-state index in [-0.39, 0.29) is 12.0 Å². The van der Waals surface area contributed by atoms with Gasteiger partial charge in [-0.1, -0.05) is 18.7 Å². The molecule has 10 heteroatoms. The molecule has 0 spiro atoms. The largest absolute Gasteiger partial charge is 0.476 e. The molecule has 0 aliphatic carbocycles. The number of hydrogen-bond donors (Lipinski definition) is 0. The maximum Gasteiger partial charge on any atom is 0.282 e. The summed E-state index contributed by atoms with van der Waals surface area (Å²) in [6.07, 6.45) is 8.10. The molecule has 5 aliphatic heterocycles. The first-order chi connectivity index (χ1) is 21.5. The van der Waals surface area contributed by atoms with Crippen molar-refractivity contribution in [2.45, 2.75) is 74.4 Å². The Morgan fingerprint density at radius 1 is 1.11 bits per heavy atom. The molecule has 0 bridgehead atoms. The molecular weight excluding hydrogens is 575 g/mol. The fraction of sp³-hybridized carbons (Fsp3) is 0.559. The minimum absolute atomic E-state index is 0.114. The monoisotopic (exact) mass is 616 g/mol. The van der Waals surface area contributed by atoms with Crippen molar-refractivity contribution in [2.24, 2.45) is 0 Å². The van der Waals surface area contributed by atoms with Gasteiger partial charge in [-0.15, -0.1) is 11.8 Å². The lowest BCUT2D eigenvalue weighted by molar-refractivity contribution is -0.131. The molecule has 44 heavy (non-hydrogen) atoms. The predicted molar refractivity (Wildman–Crippen MR) is 171 cm³/mol. The Morgan fingerprint density at radius 3 is 2.75 bits per heavy atom. The summed E-state index contributed by atoms with van der Waals surface area (Å²) < 4.78 is 20.5. The van der Waals surface area contributed by atoms with Gasteiger partial charge in [0.1, 0.15) is 12.4 Å². The molecular formula is C34H41FN6O2S. The number of carbonyl (C=O) groups is 1. The Bertz CT molecular complexity index is 1480. The van der Waals surface area contributed by atoms with Crippen LogP contribution in [-0.2, 0) is 24.2 Å². The van der Waals surface area contributed by atoms with Crippen molar-refractivity contribution in [3.05, 3.63) is 53.4 Å². The van der Waals surface area contributed by atoms with Crippen molar-refractivity contribution in [3.8, 4) is 11.9 Å². The highest BCUT2D eigenvalue weighted by molar-refractivity contribution is 7.99. The third kappa shape index (κ3) is 5.43. The second kappa shape index (κ2) is 12.2. The fourth-order valence-corrected chi connectivity index (χ4v) is 9.30. The molecule has 5 aliphatic rings. The third-order valence-electron chi connectivity index (χ3n) is 10.3. The van der Waals surface area contributed by atoms with Gasteiger partial charge in [-0.3, -0.25) is 9.69 Å². The number of thioether (sulfide) groups is 1. The molecule has 1 amide bonds. The van der Waals surface area contributed by atoms with E-state index in [1.54, 1.807) is 0 Å². The van der Waals surface area contributed by atoms with Crippen molar-refractivity contribution in [1.82, 2.24) is 14.8 Å². The summed E-state index contributed by atoms with van der Waals surface area (Å²) >= 11 is 1.98. The summed E-state index contributed by atoms with van der Waals surface area (Å²) in [5.41, 5.74) is 5.31. The molecule has 1 aromatic heterocycles. The van der Waals surface area contributed by atoms with Gasteiger partial charge in [-0.2, -0.15) is 10.2 Å². The fourth-order valence-electron chi connectivity index (χ4n) is 8.11. The standard InChI is InChI=1S/C34H41FN6O2S/c1-24(35)33(42)41-18-17-39(22-27(41)9-13-36)32-28-10-16-38(29-8-2-6-25-7-3-19-44-31(25)29)21-26(28)20-30(37-32)43-23-34-11-4-14-40(34)15-5-12-34/h2,6,8,20,27H,1,3-5,7,9-12,14-19,21-23H2/t27-/m0/s1. The van der Waals surface area contributed by atoms with Crippen LogP contribution in [0, 0.1) is 11.3 Å². The van der Waals surface area contributed by atoms with Crippen molar-refractivity contribution in [1.29, 1.82) is 5.26 Å². The molecule has 1 atom stereocenters. The van der Waals surface area contributed by atoms with E-state index in [4.69, 9.17) is 9.72 Å². The lowest BCUT2D eigenvalue weighted by atomic mass is 9.95. The molecule has 0 unspecified atom stereocenters. The van der Waals surface area contributed by atoms with Crippen LogP contribution in [0.25, 0.3) is 0 Å². The number of nitriles is 1. The average Bonchev–Trinajstić information content (AvgIpc) is 3.63. The number of piperazine rings is 1. The van der Waals surface area contributed by atoms with Crippen LogP contribution in [-0.4, -0.2) is 83.9 Å². The minimum Gasteiger partial charge on any atom is -0.476 e. The SMILES string of the molecule is C=C(F)C(=O)N1CCN(c2nc(OCC34CCCN3CCC4)cc3c2CCN(c2cccc4c2SCCC4)C3)C[C@@H]1CC#N. The number of amides is 1. The molecule has 0 N–H and O–H groups in total. The second-order valence-corrected chi connectivity index (χ2v) is 14.0. The first kappa shape index (κ1) is 29.4. The molecule has 0 saturated carbocycles. The average molecular weight is 617 g/mol. The van der Waals surface area contributed by atoms with E-state index < -0.39 is 17.8 Å². The number of pyridine rings is 1. The van der Waals surface area contributed by atoms with E-state index in [0.717, 1.165) is 50.6 Å². The van der Waals surface area contributed by atoms with E-state index in [1.165, 1.54) is 64.3 Å². The minimum atomic E-state index is -0.985. The Labute approximate surface area is 263 Å². The van der Waals surface area contributed by atoms with Crippen molar-refractivity contribution < 1.29 is 13.9 Å². The maximum absolute atomic E-state index is 13.9. The van der Waals surface area contributed by atoms with Crippen LogP contribution in [0.2, 0.25) is 0 Å². The Morgan fingerprint density at radius 2 is 1.95 bits per heavy atom. The van der Waals surface area contributed by atoms with Crippen molar-refractivity contribution >= 4 is 29.2 Å². The van der Waals surface area contributed by atoms with Gasteiger partial charge in [0.15, 0.2) is 5.83 Å². The number of anilines is 2. The van der Waals surface area contributed by atoms with Crippen LogP contribution >= 0.6 is 11.8 Å². The Kier molecular flexibility index (Phi) is 8.19. The summed E-state index contributed by atoms with van der Waals surface area (Å²) in [6, 6.07) is 10.6. The van der Waals surface area contributed by atoms with Crippen LogP contribution in [0.3, 0.4) is 0 Å². The molecule has 8 nitrogen and oxygen atoms in total. The Hall–Kier alpha value is -3.29. The van der Waals surface area contributed by atoms with E-state index in [0.29, 0.717) is 32.1 Å². The highest BCUT2D eigenvalue weighted by atomic mass is 32.2. The smallest absolute Gasteiger partial charge is 0.282 e. The highest BCUT2D eigenvalue weighted by Crippen LogP contribution is 2.42. The summed E-state index contributed by atoms with van der Waals surface area (Å²) in [5.74, 6) is 0.969. The maximum atomic E-state index is 13.9. The lowest BCUT2D eigenvalue weighted by Gasteiger charge is -2.42. The number of benzene rings is 1. The zero-order valence-electron chi connectivity index (χ0n) is 25.4. The molecule has 3 saturated heterocycles. The molecule has 6 heterocycles. The van der Waals surface area contributed by atoms with Gasteiger partial charge >= 0.3 is 0 Å². The zero-order valence-corrected chi connectivity index (χ0v) is 26.2. The van der Waals surface area contributed by atoms with Crippen LogP contribution in [0.5, 0.6) is 5.88 Å². The van der Waals surface area contributed by atoms with Gasteiger partial charge in [0.25, 0.3) is 5.91 Å². The van der Waals surface area contributed by atoms with E-state index in [1.807, 2.05) is 11.8 Å². The number of ether oxygens (including phenoxy) is 1. The molecule has 3 fully saturated rings. The number of aromatic nitrogens is 1. The third-order valence-corrected chi connectivity index (χ3v) is 11.6. The number of halogens is 1. The lowest BCUT2D eigenvalue weighted by Crippen LogP contribution is -2.55. The van der Waals surface area contributed by atoms with Gasteiger partial charge in [0, 0.05) is 49.2 Å². The predicted octanol–water partition coefficient (Wildman–Crippen LogP) is 5.10.